The molecule has 1 saturated heterocycles. The van der Waals surface area contributed by atoms with Crippen LogP contribution in [0.1, 0.15) is 22.7 Å². The molecule has 3 rings (SSSR count). The Morgan fingerprint density at radius 1 is 1.10 bits per heavy atom. The smallest absolute Gasteiger partial charge is 0.422 e. The van der Waals surface area contributed by atoms with E-state index in [1.54, 1.807) is 0 Å². The van der Waals surface area contributed by atoms with Gasteiger partial charge in [-0.05, 0) is 30.5 Å². The molecule has 0 radical (unpaired) electrons. The lowest BCUT2D eigenvalue weighted by molar-refractivity contribution is 0.167. The molecule has 3 nitrogen and oxygen atoms in total. The summed E-state index contributed by atoms with van der Waals surface area (Å²) in [6.45, 7) is 2.37. The molecule has 0 unspecified atom stereocenters. The number of amides is 1. The zero-order valence-electron chi connectivity index (χ0n) is 11.7. The van der Waals surface area contributed by atoms with Crippen LogP contribution in [0.5, 0.6) is 0 Å². The van der Waals surface area contributed by atoms with Crippen LogP contribution < -0.4 is 0 Å². The first kappa shape index (κ1) is 13.3. The lowest BCUT2D eigenvalue weighted by Gasteiger charge is -2.14. The molecule has 1 heterocycles. The average molecular weight is 277 g/mol. The molecule has 21 heavy (non-hydrogen) atoms. The monoisotopic (exact) mass is 277 g/mol. The van der Waals surface area contributed by atoms with E-state index in [0.29, 0.717) is 6.61 Å². The minimum atomic E-state index is -0.386. The van der Waals surface area contributed by atoms with Crippen molar-refractivity contribution < 1.29 is 9.53 Å². The van der Waals surface area contributed by atoms with E-state index in [2.05, 4.69) is 12.0 Å². The summed E-state index contributed by atoms with van der Waals surface area (Å²) in [5, 5.41) is 0. The third kappa shape index (κ3) is 2.90. The molecule has 1 atom stereocenters. The van der Waals surface area contributed by atoms with Gasteiger partial charge in [0, 0.05) is 11.6 Å². The minimum Gasteiger partial charge on any atom is -0.446 e. The Hall–Kier alpha value is -2.73. The van der Waals surface area contributed by atoms with E-state index in [0.717, 1.165) is 11.1 Å². The summed E-state index contributed by atoms with van der Waals surface area (Å²) in [4.78, 5) is 13.3. The second-order valence-electron chi connectivity index (χ2n) is 4.98. The highest BCUT2D eigenvalue weighted by Crippen LogP contribution is 2.26. The fourth-order valence-corrected chi connectivity index (χ4v) is 2.23. The van der Waals surface area contributed by atoms with Gasteiger partial charge < -0.3 is 4.74 Å². The molecule has 1 fully saturated rings. The van der Waals surface area contributed by atoms with Crippen LogP contribution in [0, 0.1) is 18.9 Å². The summed E-state index contributed by atoms with van der Waals surface area (Å²) in [7, 11) is 0. The molecular formula is C18H15NO2. The number of hydrogen-bond acceptors (Lipinski definition) is 2. The van der Waals surface area contributed by atoms with Crippen LogP contribution in [-0.2, 0) is 4.74 Å². The maximum absolute atomic E-state index is 11.8. The van der Waals surface area contributed by atoms with Gasteiger partial charge in [0.15, 0.2) is 0 Å². The molecular weight excluding hydrogens is 262 g/mol. The molecule has 1 aliphatic heterocycles. The Labute approximate surface area is 124 Å². The van der Waals surface area contributed by atoms with E-state index in [4.69, 9.17) is 4.74 Å². The fourth-order valence-electron chi connectivity index (χ4n) is 2.23. The van der Waals surface area contributed by atoms with Gasteiger partial charge in [0.25, 0.3) is 0 Å². The summed E-state index contributed by atoms with van der Waals surface area (Å²) in [5.74, 6) is 3.02. The number of benzene rings is 2. The van der Waals surface area contributed by atoms with Crippen LogP contribution in [-0.4, -0.2) is 17.6 Å². The fraction of sp³-hybridized carbons (Fsp3) is 0.167. The highest BCUT2D eigenvalue weighted by molar-refractivity contribution is 5.73. The average Bonchev–Trinajstić information content (AvgIpc) is 2.89. The van der Waals surface area contributed by atoms with Crippen LogP contribution in [0.15, 0.2) is 54.6 Å². The number of carbonyl (C=O) groups excluding carboxylic acids is 1. The zero-order valence-corrected chi connectivity index (χ0v) is 11.7. The van der Waals surface area contributed by atoms with Crippen molar-refractivity contribution in [3.05, 3.63) is 71.3 Å². The number of hydrogen-bond donors (Lipinski definition) is 0. The van der Waals surface area contributed by atoms with Crippen LogP contribution >= 0.6 is 0 Å². The Morgan fingerprint density at radius 3 is 2.52 bits per heavy atom. The Kier molecular flexibility index (Phi) is 3.61. The molecule has 0 aliphatic carbocycles. The van der Waals surface area contributed by atoms with E-state index in [1.807, 2.05) is 61.5 Å². The minimum absolute atomic E-state index is 0.142. The maximum atomic E-state index is 11.8. The standard InChI is InChI=1S/C18H15NO2/c1-14-7-9-15(10-8-14)11-12-19-17(13-21-18(19)20)16-5-3-2-4-6-16/h2-10,17H,13H2,1H3/t17-/m1/s1. The molecule has 2 aromatic carbocycles. The van der Waals surface area contributed by atoms with Gasteiger partial charge in [-0.1, -0.05) is 48.0 Å². The van der Waals surface area contributed by atoms with E-state index in [9.17, 15) is 4.79 Å². The maximum Gasteiger partial charge on any atom is 0.422 e. The van der Waals surface area contributed by atoms with Crippen molar-refractivity contribution in [2.75, 3.05) is 6.61 Å². The number of nitrogens with zero attached hydrogens (tertiary/aromatic N) is 1. The Bertz CT molecular complexity index is 695. The van der Waals surface area contributed by atoms with Gasteiger partial charge in [-0.3, -0.25) is 0 Å². The first-order valence-corrected chi connectivity index (χ1v) is 6.83. The van der Waals surface area contributed by atoms with Crippen LogP contribution in [0.3, 0.4) is 0 Å². The molecule has 0 saturated carbocycles. The summed E-state index contributed by atoms with van der Waals surface area (Å²) in [5.41, 5.74) is 3.09. The summed E-state index contributed by atoms with van der Waals surface area (Å²) < 4.78 is 5.12. The predicted molar refractivity (Wildman–Crippen MR) is 80.4 cm³/mol. The molecule has 104 valence electrons. The van der Waals surface area contributed by atoms with E-state index < -0.39 is 0 Å². The van der Waals surface area contributed by atoms with Crippen LogP contribution in [0.25, 0.3) is 0 Å². The topological polar surface area (TPSA) is 29.5 Å². The van der Waals surface area contributed by atoms with Crippen molar-refractivity contribution in [1.82, 2.24) is 4.90 Å². The Morgan fingerprint density at radius 2 is 1.81 bits per heavy atom. The number of carbonyl (C=O) groups is 1. The van der Waals surface area contributed by atoms with E-state index >= 15 is 0 Å². The Balaban J connectivity index is 1.86. The van der Waals surface area contributed by atoms with Gasteiger partial charge in [0.2, 0.25) is 0 Å². The molecule has 0 bridgehead atoms. The first-order valence-electron chi connectivity index (χ1n) is 6.83. The third-order valence-electron chi connectivity index (χ3n) is 3.43. The normalized spacial score (nSPS) is 17.1. The molecule has 2 aromatic rings. The number of ether oxygens (including phenoxy) is 1. The highest BCUT2D eigenvalue weighted by Gasteiger charge is 2.33. The second kappa shape index (κ2) is 5.72. The molecule has 0 N–H and O–H groups in total. The number of cyclic esters (lactones) is 1. The van der Waals surface area contributed by atoms with Crippen molar-refractivity contribution in [1.29, 1.82) is 0 Å². The van der Waals surface area contributed by atoms with Crippen molar-refractivity contribution in [3.63, 3.8) is 0 Å². The van der Waals surface area contributed by atoms with Crippen LogP contribution in [0.4, 0.5) is 4.79 Å². The predicted octanol–water partition coefficient (Wildman–Crippen LogP) is 3.50. The van der Waals surface area contributed by atoms with Crippen molar-refractivity contribution >= 4 is 6.09 Å². The molecule has 1 aliphatic rings. The summed E-state index contributed by atoms with van der Waals surface area (Å²) >= 11 is 0. The molecule has 3 heteroatoms. The van der Waals surface area contributed by atoms with Gasteiger partial charge in [-0.25, -0.2) is 9.69 Å². The number of rotatable bonds is 1. The van der Waals surface area contributed by atoms with Crippen molar-refractivity contribution in [2.45, 2.75) is 13.0 Å². The van der Waals surface area contributed by atoms with Gasteiger partial charge in [-0.15, -0.1) is 0 Å². The van der Waals surface area contributed by atoms with Gasteiger partial charge in [0.1, 0.15) is 12.6 Å². The van der Waals surface area contributed by atoms with Crippen molar-refractivity contribution in [2.24, 2.45) is 0 Å². The molecule has 0 aromatic heterocycles. The van der Waals surface area contributed by atoms with E-state index in [1.165, 1.54) is 10.5 Å². The van der Waals surface area contributed by atoms with Gasteiger partial charge in [0.05, 0.1) is 0 Å². The highest BCUT2D eigenvalue weighted by atomic mass is 16.6. The lowest BCUT2D eigenvalue weighted by atomic mass is 10.1. The second-order valence-corrected chi connectivity index (χ2v) is 4.98. The quantitative estimate of drug-likeness (QED) is 0.747. The van der Waals surface area contributed by atoms with Crippen LogP contribution in [0.2, 0.25) is 0 Å². The van der Waals surface area contributed by atoms with Gasteiger partial charge >= 0.3 is 6.09 Å². The zero-order chi connectivity index (χ0) is 14.7. The van der Waals surface area contributed by atoms with E-state index in [-0.39, 0.29) is 12.1 Å². The number of aryl methyl sites for hydroxylation is 1. The largest absolute Gasteiger partial charge is 0.446 e. The van der Waals surface area contributed by atoms with Crippen molar-refractivity contribution in [3.8, 4) is 12.0 Å². The summed E-state index contributed by atoms with van der Waals surface area (Å²) in [6, 6.07) is 20.5. The van der Waals surface area contributed by atoms with Gasteiger partial charge in [-0.2, -0.15) is 0 Å². The summed E-state index contributed by atoms with van der Waals surface area (Å²) in [6.07, 6.45) is -0.386. The first-order chi connectivity index (χ1) is 10.2. The molecule has 1 amide bonds. The SMILES string of the molecule is Cc1ccc(C#CN2C(=O)OC[C@@H]2c2ccccc2)cc1. The molecule has 0 spiro atoms. The third-order valence-corrected chi connectivity index (χ3v) is 3.43. The lowest BCUT2D eigenvalue weighted by Crippen LogP contribution is -2.22.